The highest BCUT2D eigenvalue weighted by molar-refractivity contribution is 7.91. The van der Waals surface area contributed by atoms with E-state index in [0.29, 0.717) is 81.2 Å². The van der Waals surface area contributed by atoms with Gasteiger partial charge >= 0.3 is 6.09 Å². The second-order valence-corrected chi connectivity index (χ2v) is 18.6. The van der Waals surface area contributed by atoms with Crippen molar-refractivity contribution in [1.29, 1.82) is 0 Å². The number of nitrogens with one attached hydrogen (secondary N) is 3. The highest BCUT2D eigenvalue weighted by Gasteiger charge is 2.62. The van der Waals surface area contributed by atoms with E-state index in [1.54, 1.807) is 27.9 Å². The van der Waals surface area contributed by atoms with Crippen molar-refractivity contribution in [3.8, 4) is 11.6 Å². The van der Waals surface area contributed by atoms with Crippen molar-refractivity contribution in [2.24, 2.45) is 5.92 Å². The summed E-state index contributed by atoms with van der Waals surface area (Å²) in [4.78, 5) is 64.5. The Labute approximate surface area is 333 Å². The third-order valence-electron chi connectivity index (χ3n) is 11.1. The van der Waals surface area contributed by atoms with Crippen molar-refractivity contribution >= 4 is 50.4 Å². The molecule has 4 amide bonds. The third kappa shape index (κ3) is 9.40. The summed E-state index contributed by atoms with van der Waals surface area (Å²) >= 11 is 0. The summed E-state index contributed by atoms with van der Waals surface area (Å²) in [5.74, 6) is -0.696. The van der Waals surface area contributed by atoms with Crippen LogP contribution in [0.2, 0.25) is 0 Å². The SMILES string of the molecule is COc1ccc2c(O[C@@H]3C[C@H]4C(=O)N[C@]5(C(=O)NS(=O)(=O)C6CC6)C[C@H]5/C=C\CCCCC[C@H](NC(=O)OC(C)(C)C)C(=O)N4C3)nc(N3CCOCC3)cc2c1. The molecule has 3 N–H and O–H groups in total. The Morgan fingerprint density at radius 1 is 1.05 bits per heavy atom. The molecule has 2 saturated carbocycles. The van der Waals surface area contributed by atoms with Gasteiger partial charge in [0, 0.05) is 30.8 Å². The van der Waals surface area contributed by atoms with E-state index in [4.69, 9.17) is 23.9 Å². The molecule has 1 aromatic heterocycles. The van der Waals surface area contributed by atoms with Crippen LogP contribution >= 0.6 is 0 Å². The zero-order valence-corrected chi connectivity index (χ0v) is 33.9. The molecule has 0 spiro atoms. The molecule has 5 atom stereocenters. The Morgan fingerprint density at radius 2 is 1.82 bits per heavy atom. The Bertz CT molecular complexity index is 2010. The van der Waals surface area contributed by atoms with Crippen LogP contribution in [0.4, 0.5) is 10.6 Å². The largest absolute Gasteiger partial charge is 0.497 e. The maximum absolute atomic E-state index is 14.6. The highest BCUT2D eigenvalue weighted by Crippen LogP contribution is 2.46. The first kappa shape index (κ1) is 40.6. The molecule has 17 heteroatoms. The molecular weight excluding hydrogens is 757 g/mol. The molecule has 7 rings (SSSR count). The molecule has 2 aliphatic carbocycles. The topological polar surface area (TPSA) is 195 Å². The van der Waals surface area contributed by atoms with Crippen molar-refractivity contribution in [3.05, 3.63) is 36.4 Å². The molecule has 2 saturated heterocycles. The van der Waals surface area contributed by atoms with Gasteiger partial charge in [-0.1, -0.05) is 25.0 Å². The summed E-state index contributed by atoms with van der Waals surface area (Å²) in [6, 6.07) is 5.38. The number of allylic oxidation sites excluding steroid dienone is 1. The van der Waals surface area contributed by atoms with Gasteiger partial charge in [-0.25, -0.2) is 13.2 Å². The molecule has 4 fully saturated rings. The molecule has 16 nitrogen and oxygen atoms in total. The van der Waals surface area contributed by atoms with Crippen molar-refractivity contribution < 1.29 is 46.5 Å². The third-order valence-corrected chi connectivity index (χ3v) is 13.0. The number of methoxy groups -OCH3 is 1. The van der Waals surface area contributed by atoms with E-state index in [-0.39, 0.29) is 19.4 Å². The number of ether oxygens (including phenoxy) is 4. The fourth-order valence-electron chi connectivity index (χ4n) is 7.82. The van der Waals surface area contributed by atoms with E-state index in [9.17, 15) is 27.6 Å². The van der Waals surface area contributed by atoms with Crippen LogP contribution in [0, 0.1) is 5.92 Å². The Kier molecular flexibility index (Phi) is 11.6. The lowest BCUT2D eigenvalue weighted by Gasteiger charge is -2.30. The van der Waals surface area contributed by atoms with Crippen LogP contribution in [0.5, 0.6) is 11.6 Å². The number of hydrogen-bond acceptors (Lipinski definition) is 12. The Morgan fingerprint density at radius 3 is 2.54 bits per heavy atom. The van der Waals surface area contributed by atoms with Gasteiger partial charge in [0.15, 0.2) is 0 Å². The average molecular weight is 811 g/mol. The summed E-state index contributed by atoms with van der Waals surface area (Å²) in [6.07, 6.45) is 6.69. The number of amides is 4. The molecule has 4 heterocycles. The van der Waals surface area contributed by atoms with E-state index in [2.05, 4.69) is 20.3 Å². The highest BCUT2D eigenvalue weighted by atomic mass is 32.2. The van der Waals surface area contributed by atoms with Crippen molar-refractivity contribution in [1.82, 2.24) is 25.2 Å². The van der Waals surface area contributed by atoms with Crippen LogP contribution in [0.3, 0.4) is 0 Å². The van der Waals surface area contributed by atoms with E-state index in [1.165, 1.54) is 4.90 Å². The number of carbonyl (C=O) groups is 4. The number of sulfonamides is 1. The number of fused-ring (bicyclic) bond motifs is 3. The first-order valence-corrected chi connectivity index (χ1v) is 21.5. The number of carbonyl (C=O) groups excluding carboxylic acids is 4. The molecule has 310 valence electrons. The number of aromatic nitrogens is 1. The van der Waals surface area contributed by atoms with Gasteiger partial charge in [0.2, 0.25) is 27.7 Å². The van der Waals surface area contributed by atoms with Crippen LogP contribution in [0.1, 0.15) is 78.6 Å². The quantitative estimate of drug-likeness (QED) is 0.330. The van der Waals surface area contributed by atoms with Gasteiger partial charge in [-0.05, 0) is 88.9 Å². The minimum absolute atomic E-state index is 0.0247. The number of anilines is 1. The average Bonchev–Trinajstić information content (AvgIpc) is 4.09. The predicted octanol–water partition coefficient (Wildman–Crippen LogP) is 3.33. The number of morpholine rings is 1. The molecule has 57 heavy (non-hydrogen) atoms. The van der Waals surface area contributed by atoms with E-state index < -0.39 is 74.3 Å². The first-order chi connectivity index (χ1) is 27.2. The number of nitrogens with zero attached hydrogens (tertiary/aromatic N) is 3. The zero-order chi connectivity index (χ0) is 40.5. The van der Waals surface area contributed by atoms with Gasteiger partial charge in [0.25, 0.3) is 5.91 Å². The smallest absolute Gasteiger partial charge is 0.408 e. The van der Waals surface area contributed by atoms with Gasteiger partial charge in [-0.3, -0.25) is 19.1 Å². The monoisotopic (exact) mass is 810 g/mol. The van der Waals surface area contributed by atoms with E-state index in [0.717, 1.165) is 18.2 Å². The van der Waals surface area contributed by atoms with Gasteiger partial charge in [0.05, 0.1) is 32.1 Å². The van der Waals surface area contributed by atoms with Gasteiger partial charge < -0.3 is 39.4 Å². The molecule has 2 aromatic rings. The van der Waals surface area contributed by atoms with E-state index in [1.807, 2.05) is 36.4 Å². The lowest BCUT2D eigenvalue weighted by Crippen LogP contribution is -2.58. The number of hydrogen-bond donors (Lipinski definition) is 3. The fourth-order valence-corrected chi connectivity index (χ4v) is 9.18. The van der Waals surface area contributed by atoms with Gasteiger partial charge in [-0.15, -0.1) is 0 Å². The Balaban J connectivity index is 1.21. The van der Waals surface area contributed by atoms with E-state index >= 15 is 0 Å². The molecule has 0 bridgehead atoms. The second-order valence-electron chi connectivity index (χ2n) is 16.7. The van der Waals surface area contributed by atoms with Gasteiger partial charge in [-0.2, -0.15) is 4.98 Å². The predicted molar refractivity (Wildman–Crippen MR) is 210 cm³/mol. The van der Waals surface area contributed by atoms with Crippen LogP contribution in [0.25, 0.3) is 10.8 Å². The standard InChI is InChI=1S/C40H54N6O10S/c1-39(2,3)56-38(50)41-31-11-9-7-5-6-8-10-26-23-40(26,37(49)44-57(51,52)29-13-14-29)43-34(47)32-22-28(24-46(32)36(31)48)55-35-30-15-12-27(53-4)20-25(30)21-33(42-35)45-16-18-54-19-17-45/h8,10,12,15,20-21,26,28-29,31-32H,5-7,9,11,13-14,16-19,22-24H2,1-4H3,(H,41,50)(H,43,47)(H,44,49)/b10-8-/t26-,28-,31+,32+,40-/m1/s1. The fraction of sp³-hybridized carbons (Fsp3) is 0.625. The maximum Gasteiger partial charge on any atom is 0.408 e. The normalized spacial score (nSPS) is 27.9. The maximum atomic E-state index is 14.6. The molecule has 5 aliphatic rings. The lowest BCUT2D eigenvalue weighted by molar-refractivity contribution is -0.141. The summed E-state index contributed by atoms with van der Waals surface area (Å²) in [5, 5.41) is 6.56. The summed E-state index contributed by atoms with van der Waals surface area (Å²) in [5.41, 5.74) is -2.33. The van der Waals surface area contributed by atoms with Crippen LogP contribution in [-0.4, -0.2) is 117 Å². The minimum atomic E-state index is -3.90. The zero-order valence-electron chi connectivity index (χ0n) is 33.1. The molecule has 3 aliphatic heterocycles. The van der Waals surface area contributed by atoms with Crippen LogP contribution in [-0.2, 0) is 33.9 Å². The van der Waals surface area contributed by atoms with Crippen LogP contribution in [0.15, 0.2) is 36.4 Å². The number of alkyl carbamates (subject to hydrolysis) is 1. The summed E-state index contributed by atoms with van der Waals surface area (Å²) in [6.45, 7) is 7.54. The number of benzene rings is 1. The van der Waals surface area contributed by atoms with Crippen molar-refractivity contribution in [2.45, 2.75) is 113 Å². The Hall–Kier alpha value is -4.64. The number of rotatable bonds is 8. The van der Waals surface area contributed by atoms with Crippen molar-refractivity contribution in [2.75, 3.05) is 44.9 Å². The number of pyridine rings is 1. The van der Waals surface area contributed by atoms with Crippen molar-refractivity contribution in [3.63, 3.8) is 0 Å². The summed E-state index contributed by atoms with van der Waals surface area (Å²) < 4.78 is 51.3. The first-order valence-electron chi connectivity index (χ1n) is 20.0. The lowest BCUT2D eigenvalue weighted by atomic mass is 10.0. The minimum Gasteiger partial charge on any atom is -0.497 e. The molecule has 0 unspecified atom stereocenters. The van der Waals surface area contributed by atoms with Crippen LogP contribution < -0.4 is 29.7 Å². The van der Waals surface area contributed by atoms with Gasteiger partial charge in [0.1, 0.15) is 40.9 Å². The second kappa shape index (κ2) is 16.3. The molecule has 0 radical (unpaired) electrons. The molecule has 1 aromatic carbocycles. The molecular formula is C40H54N6O10S. The summed E-state index contributed by atoms with van der Waals surface area (Å²) in [7, 11) is -2.31.